The minimum atomic E-state index is -0.886. The van der Waals surface area contributed by atoms with Gasteiger partial charge in [-0.05, 0) is 23.1 Å². The van der Waals surface area contributed by atoms with Gasteiger partial charge in [0.15, 0.2) is 0 Å². The van der Waals surface area contributed by atoms with E-state index in [0.717, 1.165) is 11.1 Å². The van der Waals surface area contributed by atoms with Gasteiger partial charge >= 0.3 is 0 Å². The third-order valence-corrected chi connectivity index (χ3v) is 3.35. The monoisotopic (exact) mass is 276 g/mol. The smallest absolute Gasteiger partial charge is 0.105 e. The van der Waals surface area contributed by atoms with Gasteiger partial charge in [0.1, 0.15) is 6.10 Å². The fraction of sp³-hybridized carbons (Fsp3) is 0.250. The maximum absolute atomic E-state index is 9.97. The van der Waals surface area contributed by atoms with E-state index in [4.69, 9.17) is 11.6 Å². The van der Waals surface area contributed by atoms with Gasteiger partial charge in [-0.1, -0.05) is 54.6 Å². The molecule has 3 heteroatoms. The van der Waals surface area contributed by atoms with Gasteiger partial charge in [-0.2, -0.15) is 0 Å². The average Bonchev–Trinajstić information content (AvgIpc) is 2.48. The molecule has 0 saturated carbocycles. The SMILES string of the molecule is OC(CCCl)C(O)c1ccc(-c2ccccc2)cc1. The molecule has 0 saturated heterocycles. The Balaban J connectivity index is 2.15. The fourth-order valence-electron chi connectivity index (χ4n) is 2.00. The molecule has 2 nitrogen and oxygen atoms in total. The summed E-state index contributed by atoms with van der Waals surface area (Å²) in [7, 11) is 0. The lowest BCUT2D eigenvalue weighted by Crippen LogP contribution is -2.18. The van der Waals surface area contributed by atoms with Gasteiger partial charge in [0.25, 0.3) is 0 Å². The number of benzene rings is 2. The number of hydrogen-bond acceptors (Lipinski definition) is 2. The van der Waals surface area contributed by atoms with Crippen LogP contribution in [0, 0.1) is 0 Å². The molecule has 0 fully saturated rings. The Morgan fingerprint density at radius 3 is 2.00 bits per heavy atom. The third kappa shape index (κ3) is 3.57. The zero-order chi connectivity index (χ0) is 13.7. The van der Waals surface area contributed by atoms with Crippen molar-refractivity contribution in [2.75, 3.05) is 5.88 Å². The van der Waals surface area contributed by atoms with E-state index in [1.165, 1.54) is 0 Å². The summed E-state index contributed by atoms with van der Waals surface area (Å²) in [5, 5.41) is 19.7. The number of alkyl halides is 1. The Morgan fingerprint density at radius 1 is 0.842 bits per heavy atom. The maximum atomic E-state index is 9.97. The lowest BCUT2D eigenvalue weighted by molar-refractivity contribution is 0.0170. The van der Waals surface area contributed by atoms with Gasteiger partial charge < -0.3 is 10.2 Å². The summed E-state index contributed by atoms with van der Waals surface area (Å²) in [5.41, 5.74) is 2.92. The Morgan fingerprint density at radius 2 is 1.42 bits per heavy atom. The predicted molar refractivity (Wildman–Crippen MR) is 78.2 cm³/mol. The lowest BCUT2D eigenvalue weighted by atomic mass is 9.99. The van der Waals surface area contributed by atoms with Crippen LogP contribution in [-0.4, -0.2) is 22.2 Å². The maximum Gasteiger partial charge on any atom is 0.105 e. The lowest BCUT2D eigenvalue weighted by Gasteiger charge is -2.17. The largest absolute Gasteiger partial charge is 0.390 e. The molecule has 0 aromatic heterocycles. The normalized spacial score (nSPS) is 14.1. The molecule has 19 heavy (non-hydrogen) atoms. The number of hydrogen-bond donors (Lipinski definition) is 2. The highest BCUT2D eigenvalue weighted by molar-refractivity contribution is 6.17. The first kappa shape index (κ1) is 14.1. The van der Waals surface area contributed by atoms with E-state index >= 15 is 0 Å². The highest BCUT2D eigenvalue weighted by Crippen LogP contribution is 2.24. The highest BCUT2D eigenvalue weighted by Gasteiger charge is 2.17. The van der Waals surface area contributed by atoms with Gasteiger partial charge in [0.2, 0.25) is 0 Å². The van der Waals surface area contributed by atoms with Crippen molar-refractivity contribution in [2.24, 2.45) is 0 Å². The van der Waals surface area contributed by atoms with Gasteiger partial charge in [-0.25, -0.2) is 0 Å². The molecule has 2 atom stereocenters. The zero-order valence-corrected chi connectivity index (χ0v) is 11.3. The van der Waals surface area contributed by atoms with Crippen molar-refractivity contribution >= 4 is 11.6 Å². The summed E-state index contributed by atoms with van der Waals surface area (Å²) >= 11 is 5.56. The van der Waals surface area contributed by atoms with Crippen LogP contribution in [0.25, 0.3) is 11.1 Å². The quantitative estimate of drug-likeness (QED) is 0.822. The third-order valence-electron chi connectivity index (χ3n) is 3.13. The molecule has 0 radical (unpaired) electrons. The minimum Gasteiger partial charge on any atom is -0.390 e. The van der Waals surface area contributed by atoms with Crippen molar-refractivity contribution in [3.63, 3.8) is 0 Å². The summed E-state index contributed by atoms with van der Waals surface area (Å²) in [6.45, 7) is 0. The van der Waals surface area contributed by atoms with Crippen LogP contribution in [0.1, 0.15) is 18.1 Å². The fourth-order valence-corrected chi connectivity index (χ4v) is 2.22. The standard InChI is InChI=1S/C16H17ClO2/c17-11-10-15(18)16(19)14-8-6-13(7-9-14)12-4-2-1-3-5-12/h1-9,15-16,18-19H,10-11H2. The molecule has 100 valence electrons. The van der Waals surface area contributed by atoms with Gasteiger partial charge in [0, 0.05) is 5.88 Å². The van der Waals surface area contributed by atoms with Crippen molar-refractivity contribution in [1.29, 1.82) is 0 Å². The molecule has 2 aromatic rings. The molecular formula is C16H17ClO2. The van der Waals surface area contributed by atoms with Crippen molar-refractivity contribution in [3.05, 3.63) is 60.2 Å². The molecule has 2 aromatic carbocycles. The summed E-state index contributed by atoms with van der Waals surface area (Å²) < 4.78 is 0. The van der Waals surface area contributed by atoms with Crippen LogP contribution in [0.4, 0.5) is 0 Å². The van der Waals surface area contributed by atoms with Crippen LogP contribution in [0.2, 0.25) is 0 Å². The van der Waals surface area contributed by atoms with Gasteiger partial charge in [0.05, 0.1) is 6.10 Å². The zero-order valence-electron chi connectivity index (χ0n) is 10.5. The molecule has 0 bridgehead atoms. The van der Waals surface area contributed by atoms with Crippen LogP contribution >= 0.6 is 11.6 Å². The Hall–Kier alpha value is -1.35. The first-order chi connectivity index (χ1) is 9.22. The predicted octanol–water partition coefficient (Wildman–Crippen LogP) is 3.38. The number of aliphatic hydroxyl groups is 2. The molecule has 0 aliphatic rings. The minimum absolute atomic E-state index is 0.334. The van der Waals surface area contributed by atoms with E-state index in [2.05, 4.69) is 0 Å². The molecule has 0 heterocycles. The Bertz CT molecular complexity index is 496. The Kier molecular flexibility index (Phi) is 4.97. The van der Waals surface area contributed by atoms with Crippen LogP contribution in [-0.2, 0) is 0 Å². The van der Waals surface area contributed by atoms with E-state index in [1.54, 1.807) is 0 Å². The van der Waals surface area contributed by atoms with Gasteiger partial charge in [-0.3, -0.25) is 0 Å². The van der Waals surface area contributed by atoms with E-state index in [9.17, 15) is 10.2 Å². The van der Waals surface area contributed by atoms with Crippen molar-refractivity contribution in [1.82, 2.24) is 0 Å². The molecule has 2 N–H and O–H groups in total. The van der Waals surface area contributed by atoms with Crippen LogP contribution < -0.4 is 0 Å². The number of aliphatic hydroxyl groups excluding tert-OH is 2. The summed E-state index contributed by atoms with van der Waals surface area (Å²) in [6.07, 6.45) is -1.33. The Labute approximate surface area is 118 Å². The first-order valence-corrected chi connectivity index (χ1v) is 6.83. The molecule has 0 spiro atoms. The second kappa shape index (κ2) is 6.71. The second-order valence-corrected chi connectivity index (χ2v) is 4.86. The van der Waals surface area contributed by atoms with E-state index < -0.39 is 12.2 Å². The highest BCUT2D eigenvalue weighted by atomic mass is 35.5. The van der Waals surface area contributed by atoms with Crippen LogP contribution in [0.15, 0.2) is 54.6 Å². The number of rotatable bonds is 5. The van der Waals surface area contributed by atoms with Crippen LogP contribution in [0.3, 0.4) is 0 Å². The topological polar surface area (TPSA) is 40.5 Å². The van der Waals surface area contributed by atoms with Crippen molar-refractivity contribution in [3.8, 4) is 11.1 Å². The summed E-state index contributed by atoms with van der Waals surface area (Å²) in [6, 6.07) is 17.6. The van der Waals surface area contributed by atoms with E-state index in [-0.39, 0.29) is 0 Å². The molecule has 0 aliphatic carbocycles. The van der Waals surface area contributed by atoms with E-state index in [0.29, 0.717) is 17.9 Å². The van der Waals surface area contributed by atoms with E-state index in [1.807, 2.05) is 54.6 Å². The molecule has 2 unspecified atom stereocenters. The van der Waals surface area contributed by atoms with Gasteiger partial charge in [-0.15, -0.1) is 11.6 Å². The second-order valence-electron chi connectivity index (χ2n) is 4.48. The molecule has 0 aliphatic heterocycles. The van der Waals surface area contributed by atoms with Crippen LogP contribution in [0.5, 0.6) is 0 Å². The van der Waals surface area contributed by atoms with Crippen molar-refractivity contribution < 1.29 is 10.2 Å². The molecule has 0 amide bonds. The number of halogens is 1. The molecule has 2 rings (SSSR count). The van der Waals surface area contributed by atoms with Crippen molar-refractivity contribution in [2.45, 2.75) is 18.6 Å². The molecular weight excluding hydrogens is 260 g/mol. The summed E-state index contributed by atoms with van der Waals surface area (Å²) in [4.78, 5) is 0. The summed E-state index contributed by atoms with van der Waals surface area (Å²) in [5.74, 6) is 0.334. The first-order valence-electron chi connectivity index (χ1n) is 6.30. The average molecular weight is 277 g/mol.